The molecule has 0 saturated carbocycles. The molecule has 1 N–H and O–H groups in total. The van der Waals surface area contributed by atoms with Crippen LogP contribution in [0, 0.1) is 25.2 Å². The van der Waals surface area contributed by atoms with Crippen LogP contribution in [0.1, 0.15) is 28.9 Å². The summed E-state index contributed by atoms with van der Waals surface area (Å²) in [7, 11) is 1.91. The van der Waals surface area contributed by atoms with Crippen molar-refractivity contribution in [3.8, 4) is 6.07 Å². The van der Waals surface area contributed by atoms with E-state index in [0.29, 0.717) is 19.3 Å². The number of nitrogens with one attached hydrogen (secondary N) is 1. The van der Waals surface area contributed by atoms with Crippen LogP contribution in [0.3, 0.4) is 0 Å². The van der Waals surface area contributed by atoms with Crippen LogP contribution in [0.25, 0.3) is 0 Å². The highest BCUT2D eigenvalue weighted by Gasteiger charge is 2.11. The molecule has 5 heteroatoms. The van der Waals surface area contributed by atoms with E-state index in [4.69, 9.17) is 5.26 Å². The first-order valence-corrected chi connectivity index (χ1v) is 7.26. The fraction of sp³-hybridized carbons (Fsp3) is 0.353. The molecule has 5 nitrogen and oxygen atoms in total. The molecular weight excluding hydrogens is 276 g/mol. The molecule has 2 aromatic rings. The number of aryl methyl sites for hydroxylation is 2. The number of nitrogens with zero attached hydrogens (tertiary/aromatic N) is 3. The van der Waals surface area contributed by atoms with Crippen LogP contribution in [0.2, 0.25) is 0 Å². The third kappa shape index (κ3) is 3.73. The third-order valence-electron chi connectivity index (χ3n) is 3.78. The van der Waals surface area contributed by atoms with Gasteiger partial charge in [-0.25, -0.2) is 0 Å². The Hall–Kier alpha value is -2.61. The molecule has 0 aliphatic heterocycles. The Morgan fingerprint density at radius 3 is 2.55 bits per heavy atom. The van der Waals surface area contributed by atoms with Gasteiger partial charge in [0, 0.05) is 24.8 Å². The number of rotatable bonds is 5. The number of benzene rings is 1. The number of amides is 1. The summed E-state index contributed by atoms with van der Waals surface area (Å²) >= 11 is 0. The molecule has 22 heavy (non-hydrogen) atoms. The third-order valence-corrected chi connectivity index (χ3v) is 3.78. The van der Waals surface area contributed by atoms with Crippen molar-refractivity contribution < 1.29 is 4.79 Å². The van der Waals surface area contributed by atoms with E-state index in [1.54, 1.807) is 0 Å². The minimum atomic E-state index is -0.0179. The van der Waals surface area contributed by atoms with Crippen LogP contribution >= 0.6 is 0 Å². The average Bonchev–Trinajstić information content (AvgIpc) is 2.72. The van der Waals surface area contributed by atoms with Crippen molar-refractivity contribution in [1.82, 2.24) is 9.78 Å². The van der Waals surface area contributed by atoms with Gasteiger partial charge in [-0.2, -0.15) is 10.4 Å². The topological polar surface area (TPSA) is 70.7 Å². The van der Waals surface area contributed by atoms with Gasteiger partial charge in [0.2, 0.25) is 5.91 Å². The standard InChI is InChI=1S/C17H20N4O/c1-12-16(13(2)21(3)20-12)8-9-17(22)19-15-6-4-14(5-7-15)10-11-18/h4-7H,8-10H2,1-3H3,(H,19,22). The zero-order chi connectivity index (χ0) is 16.1. The average molecular weight is 296 g/mol. The second-order valence-electron chi connectivity index (χ2n) is 5.35. The maximum Gasteiger partial charge on any atom is 0.224 e. The number of carbonyl (C=O) groups excluding carboxylic acids is 1. The first-order valence-electron chi connectivity index (χ1n) is 7.26. The number of hydrogen-bond acceptors (Lipinski definition) is 3. The monoisotopic (exact) mass is 296 g/mol. The van der Waals surface area contributed by atoms with Crippen LogP contribution in [0.5, 0.6) is 0 Å². The van der Waals surface area contributed by atoms with Gasteiger partial charge in [0.25, 0.3) is 0 Å². The minimum Gasteiger partial charge on any atom is -0.326 e. The van der Waals surface area contributed by atoms with Gasteiger partial charge in [0.1, 0.15) is 0 Å². The molecule has 0 spiro atoms. The molecule has 1 heterocycles. The van der Waals surface area contributed by atoms with Crippen molar-refractivity contribution in [2.24, 2.45) is 7.05 Å². The zero-order valence-corrected chi connectivity index (χ0v) is 13.2. The first-order chi connectivity index (χ1) is 10.5. The van der Waals surface area contributed by atoms with Crippen LogP contribution < -0.4 is 5.32 Å². The van der Waals surface area contributed by atoms with Gasteiger partial charge < -0.3 is 5.32 Å². The van der Waals surface area contributed by atoms with Crippen LogP contribution in [0.4, 0.5) is 5.69 Å². The molecule has 1 amide bonds. The second-order valence-corrected chi connectivity index (χ2v) is 5.35. The fourth-order valence-electron chi connectivity index (χ4n) is 2.44. The van der Waals surface area contributed by atoms with E-state index in [1.807, 2.05) is 49.8 Å². The second kappa shape index (κ2) is 6.90. The lowest BCUT2D eigenvalue weighted by Crippen LogP contribution is -2.12. The van der Waals surface area contributed by atoms with E-state index in [0.717, 1.165) is 28.2 Å². The highest BCUT2D eigenvalue weighted by molar-refractivity contribution is 5.90. The predicted molar refractivity (Wildman–Crippen MR) is 85.4 cm³/mol. The molecule has 0 unspecified atom stereocenters. The maximum atomic E-state index is 12.0. The van der Waals surface area contributed by atoms with Crippen molar-refractivity contribution in [2.75, 3.05) is 5.32 Å². The van der Waals surface area contributed by atoms with Gasteiger partial charge in [-0.3, -0.25) is 9.48 Å². The van der Waals surface area contributed by atoms with Crippen molar-refractivity contribution in [3.05, 3.63) is 46.8 Å². The van der Waals surface area contributed by atoms with E-state index in [2.05, 4.69) is 16.5 Å². The van der Waals surface area contributed by atoms with Crippen LogP contribution in [-0.2, 0) is 24.7 Å². The Labute approximate surface area is 130 Å². The lowest BCUT2D eigenvalue weighted by molar-refractivity contribution is -0.116. The summed E-state index contributed by atoms with van der Waals surface area (Å²) in [5.41, 5.74) is 4.93. The highest BCUT2D eigenvalue weighted by atomic mass is 16.1. The van der Waals surface area contributed by atoms with E-state index in [9.17, 15) is 4.79 Å². The van der Waals surface area contributed by atoms with Gasteiger partial charge in [-0.15, -0.1) is 0 Å². The summed E-state index contributed by atoms with van der Waals surface area (Å²) in [4.78, 5) is 12.0. The maximum absolute atomic E-state index is 12.0. The number of carbonyl (C=O) groups is 1. The fourth-order valence-corrected chi connectivity index (χ4v) is 2.44. The van der Waals surface area contributed by atoms with Crippen molar-refractivity contribution >= 4 is 11.6 Å². The molecule has 0 aliphatic carbocycles. The van der Waals surface area contributed by atoms with E-state index in [1.165, 1.54) is 0 Å². The molecular formula is C17H20N4O. The molecule has 1 aromatic carbocycles. The molecule has 2 rings (SSSR count). The van der Waals surface area contributed by atoms with Gasteiger partial charge in [-0.1, -0.05) is 12.1 Å². The van der Waals surface area contributed by atoms with E-state index >= 15 is 0 Å². The predicted octanol–water partition coefficient (Wildman–Crippen LogP) is 2.67. The van der Waals surface area contributed by atoms with Gasteiger partial charge in [0.15, 0.2) is 0 Å². The Balaban J connectivity index is 1.91. The molecule has 0 fully saturated rings. The Morgan fingerprint density at radius 2 is 2.00 bits per heavy atom. The summed E-state index contributed by atoms with van der Waals surface area (Å²) in [5, 5.41) is 15.9. The highest BCUT2D eigenvalue weighted by Crippen LogP contribution is 2.15. The van der Waals surface area contributed by atoms with E-state index in [-0.39, 0.29) is 5.91 Å². The molecule has 114 valence electrons. The van der Waals surface area contributed by atoms with Crippen molar-refractivity contribution in [3.63, 3.8) is 0 Å². The number of nitriles is 1. The number of aromatic nitrogens is 2. The largest absolute Gasteiger partial charge is 0.326 e. The van der Waals surface area contributed by atoms with Crippen molar-refractivity contribution in [1.29, 1.82) is 5.26 Å². The zero-order valence-electron chi connectivity index (χ0n) is 13.2. The smallest absolute Gasteiger partial charge is 0.224 e. The molecule has 0 aliphatic rings. The molecule has 0 bridgehead atoms. The van der Waals surface area contributed by atoms with Crippen LogP contribution in [0.15, 0.2) is 24.3 Å². The summed E-state index contributed by atoms with van der Waals surface area (Å²) in [6.07, 6.45) is 1.49. The summed E-state index contributed by atoms with van der Waals surface area (Å²) < 4.78 is 1.84. The molecule has 0 atom stereocenters. The summed E-state index contributed by atoms with van der Waals surface area (Å²) in [6, 6.07) is 9.46. The Bertz CT molecular complexity index is 707. The van der Waals surface area contributed by atoms with Gasteiger partial charge >= 0.3 is 0 Å². The van der Waals surface area contributed by atoms with Gasteiger partial charge in [0.05, 0.1) is 18.2 Å². The Kier molecular flexibility index (Phi) is 4.95. The lowest BCUT2D eigenvalue weighted by Gasteiger charge is -2.06. The summed E-state index contributed by atoms with van der Waals surface area (Å²) in [5.74, 6) is -0.0179. The molecule has 1 aromatic heterocycles. The molecule has 0 radical (unpaired) electrons. The first kappa shape index (κ1) is 15.8. The number of hydrogen-bond donors (Lipinski definition) is 1. The number of anilines is 1. The molecule has 0 saturated heterocycles. The Morgan fingerprint density at radius 1 is 1.32 bits per heavy atom. The minimum absolute atomic E-state index is 0.0179. The van der Waals surface area contributed by atoms with Crippen molar-refractivity contribution in [2.45, 2.75) is 33.1 Å². The SMILES string of the molecule is Cc1nn(C)c(C)c1CCC(=O)Nc1ccc(CC#N)cc1. The normalized spacial score (nSPS) is 10.3. The lowest BCUT2D eigenvalue weighted by atomic mass is 10.1. The van der Waals surface area contributed by atoms with Gasteiger partial charge in [-0.05, 0) is 43.5 Å². The quantitative estimate of drug-likeness (QED) is 0.922. The summed E-state index contributed by atoms with van der Waals surface area (Å²) in [6.45, 7) is 3.98. The van der Waals surface area contributed by atoms with E-state index < -0.39 is 0 Å². The van der Waals surface area contributed by atoms with Crippen LogP contribution in [-0.4, -0.2) is 15.7 Å².